The summed E-state index contributed by atoms with van der Waals surface area (Å²) in [7, 11) is 0. The standard InChI is InChI=1S/C25H26BrN5O7S/c1-4-36-23-17(26)10-15(11-18(23)31(34)35)12-27-30-20(32)13-38-19-9-7-6-8-16(19)22-21(24(33)37-5-2)14(3)28-25(39)29-22/h6-12,22H,4-5,13H2,1-3H3,(H,30,32)(H2,28,29,39)/t22-/m0/s1. The van der Waals surface area contributed by atoms with Gasteiger partial charge in [0.15, 0.2) is 11.7 Å². The fourth-order valence-electron chi connectivity index (χ4n) is 3.71. The third kappa shape index (κ3) is 7.51. The average Bonchev–Trinajstić information content (AvgIpc) is 2.88. The van der Waals surface area contributed by atoms with Gasteiger partial charge < -0.3 is 24.8 Å². The molecule has 39 heavy (non-hydrogen) atoms. The van der Waals surface area contributed by atoms with Crippen LogP contribution in [0.15, 0.2) is 57.2 Å². The lowest BCUT2D eigenvalue weighted by Crippen LogP contribution is -2.45. The van der Waals surface area contributed by atoms with Gasteiger partial charge in [0.1, 0.15) is 5.75 Å². The van der Waals surface area contributed by atoms with Gasteiger partial charge >= 0.3 is 11.7 Å². The average molecular weight is 620 g/mol. The number of esters is 1. The van der Waals surface area contributed by atoms with Crippen LogP contribution in [-0.2, 0) is 14.3 Å². The quantitative estimate of drug-likeness (QED) is 0.112. The Morgan fingerprint density at radius 2 is 1.97 bits per heavy atom. The van der Waals surface area contributed by atoms with Crippen LogP contribution in [0.4, 0.5) is 5.69 Å². The van der Waals surface area contributed by atoms with Gasteiger partial charge in [-0.25, -0.2) is 10.2 Å². The van der Waals surface area contributed by atoms with E-state index in [1.165, 1.54) is 12.3 Å². The fourth-order valence-corrected chi connectivity index (χ4v) is 4.56. The number of benzene rings is 2. The first-order chi connectivity index (χ1) is 18.7. The van der Waals surface area contributed by atoms with Gasteiger partial charge in [-0.3, -0.25) is 14.9 Å². The molecule has 3 N–H and O–H groups in total. The summed E-state index contributed by atoms with van der Waals surface area (Å²) in [6.07, 6.45) is 1.26. The van der Waals surface area contributed by atoms with E-state index < -0.39 is 29.4 Å². The van der Waals surface area contributed by atoms with Crippen LogP contribution in [-0.4, -0.2) is 47.9 Å². The molecule has 1 aliphatic rings. The van der Waals surface area contributed by atoms with Crippen molar-refractivity contribution < 1.29 is 28.7 Å². The van der Waals surface area contributed by atoms with Gasteiger partial charge in [0, 0.05) is 22.9 Å². The van der Waals surface area contributed by atoms with Gasteiger partial charge in [0.25, 0.3) is 5.91 Å². The second-order valence-corrected chi connectivity index (χ2v) is 9.21. The Hall–Kier alpha value is -4.04. The van der Waals surface area contributed by atoms with Crippen molar-refractivity contribution in [3.63, 3.8) is 0 Å². The summed E-state index contributed by atoms with van der Waals surface area (Å²) in [4.78, 5) is 35.9. The highest BCUT2D eigenvalue weighted by atomic mass is 79.9. The minimum absolute atomic E-state index is 0.107. The topological polar surface area (TPSA) is 153 Å². The van der Waals surface area contributed by atoms with Crippen LogP contribution in [0, 0.1) is 10.1 Å². The summed E-state index contributed by atoms with van der Waals surface area (Å²) in [6.45, 7) is 5.22. The first kappa shape index (κ1) is 29.5. The number of amides is 1. The van der Waals surface area contributed by atoms with Crippen molar-refractivity contribution in [1.82, 2.24) is 16.1 Å². The number of carbonyl (C=O) groups is 2. The summed E-state index contributed by atoms with van der Waals surface area (Å²) in [6, 6.07) is 9.10. The van der Waals surface area contributed by atoms with Crippen molar-refractivity contribution in [3.8, 4) is 11.5 Å². The van der Waals surface area contributed by atoms with Crippen molar-refractivity contribution in [2.45, 2.75) is 26.8 Å². The number of rotatable bonds is 11. The Bertz CT molecular complexity index is 1350. The van der Waals surface area contributed by atoms with Crippen molar-refractivity contribution >= 4 is 57.0 Å². The van der Waals surface area contributed by atoms with Crippen molar-refractivity contribution in [3.05, 3.63) is 73.4 Å². The monoisotopic (exact) mass is 619 g/mol. The summed E-state index contributed by atoms with van der Waals surface area (Å²) in [5, 5.41) is 21.6. The molecular formula is C25H26BrN5O7S. The van der Waals surface area contributed by atoms with Crippen LogP contribution < -0.4 is 25.5 Å². The molecule has 0 fully saturated rings. The SMILES string of the molecule is CCOC(=O)C1=C(C)NC(=S)N[C@H]1c1ccccc1OCC(=O)NN=Cc1cc(Br)c(OCC)c([N+](=O)[O-])c1. The number of hydrogen-bond donors (Lipinski definition) is 3. The summed E-state index contributed by atoms with van der Waals surface area (Å²) < 4.78 is 16.7. The molecule has 14 heteroatoms. The Labute approximate surface area is 238 Å². The van der Waals surface area contributed by atoms with Crippen LogP contribution in [0.3, 0.4) is 0 Å². The smallest absolute Gasteiger partial charge is 0.338 e. The predicted octanol–water partition coefficient (Wildman–Crippen LogP) is 3.64. The Morgan fingerprint density at radius 3 is 2.67 bits per heavy atom. The molecule has 12 nitrogen and oxygen atoms in total. The minimum Gasteiger partial charge on any atom is -0.486 e. The predicted molar refractivity (Wildman–Crippen MR) is 151 cm³/mol. The third-order valence-electron chi connectivity index (χ3n) is 5.29. The molecule has 0 radical (unpaired) electrons. The number of thiocarbonyl (C=S) groups is 1. The Balaban J connectivity index is 1.72. The van der Waals surface area contributed by atoms with E-state index in [4.69, 9.17) is 26.4 Å². The summed E-state index contributed by atoms with van der Waals surface area (Å²) >= 11 is 8.54. The highest BCUT2D eigenvalue weighted by molar-refractivity contribution is 9.10. The molecule has 206 valence electrons. The van der Waals surface area contributed by atoms with E-state index in [9.17, 15) is 19.7 Å². The number of hydrazone groups is 1. The van der Waals surface area contributed by atoms with E-state index >= 15 is 0 Å². The van der Waals surface area contributed by atoms with Crippen LogP contribution in [0.2, 0.25) is 0 Å². The number of nitro benzene ring substituents is 1. The van der Waals surface area contributed by atoms with Crippen molar-refractivity contribution in [2.24, 2.45) is 5.10 Å². The van der Waals surface area contributed by atoms with Gasteiger partial charge in [-0.2, -0.15) is 5.10 Å². The maximum absolute atomic E-state index is 12.7. The molecule has 3 rings (SSSR count). The number of allylic oxidation sites excluding steroid dienone is 1. The van der Waals surface area contributed by atoms with E-state index in [0.717, 1.165) is 0 Å². The van der Waals surface area contributed by atoms with Crippen molar-refractivity contribution in [2.75, 3.05) is 19.8 Å². The second kappa shape index (κ2) is 13.7. The molecule has 0 aliphatic carbocycles. The first-order valence-corrected chi connectivity index (χ1v) is 13.0. The van der Waals surface area contributed by atoms with Crippen LogP contribution >= 0.6 is 28.1 Å². The fraction of sp³-hybridized carbons (Fsp3) is 0.280. The number of nitro groups is 1. The van der Waals surface area contributed by atoms with Gasteiger partial charge in [0.05, 0.1) is 40.4 Å². The van der Waals surface area contributed by atoms with Gasteiger partial charge in [-0.1, -0.05) is 18.2 Å². The molecule has 0 saturated heterocycles. The third-order valence-corrected chi connectivity index (χ3v) is 6.10. The molecule has 1 amide bonds. The molecule has 1 heterocycles. The van der Waals surface area contributed by atoms with Gasteiger partial charge in [0.2, 0.25) is 5.75 Å². The van der Waals surface area contributed by atoms with E-state index in [0.29, 0.717) is 37.7 Å². The zero-order valence-corrected chi connectivity index (χ0v) is 23.7. The maximum Gasteiger partial charge on any atom is 0.338 e. The van der Waals surface area contributed by atoms with Gasteiger partial charge in [-0.15, -0.1) is 0 Å². The normalized spacial score (nSPS) is 14.9. The van der Waals surface area contributed by atoms with E-state index in [1.54, 1.807) is 51.1 Å². The number of halogens is 1. The van der Waals surface area contributed by atoms with E-state index in [-0.39, 0.29) is 24.7 Å². The van der Waals surface area contributed by atoms with Crippen LogP contribution in [0.1, 0.15) is 37.9 Å². The molecule has 2 aromatic carbocycles. The first-order valence-electron chi connectivity index (χ1n) is 11.8. The number of para-hydroxylation sites is 1. The summed E-state index contributed by atoms with van der Waals surface area (Å²) in [5.41, 5.74) is 3.91. The second-order valence-electron chi connectivity index (χ2n) is 7.95. The number of ether oxygens (including phenoxy) is 3. The van der Waals surface area contributed by atoms with Crippen molar-refractivity contribution in [1.29, 1.82) is 0 Å². The van der Waals surface area contributed by atoms with Gasteiger partial charge in [-0.05, 0) is 61.1 Å². The lowest BCUT2D eigenvalue weighted by Gasteiger charge is -2.30. The maximum atomic E-state index is 12.7. The lowest BCUT2D eigenvalue weighted by atomic mass is 9.95. The molecule has 0 bridgehead atoms. The molecule has 2 aromatic rings. The number of hydrogen-bond acceptors (Lipinski definition) is 9. The molecule has 1 aliphatic heterocycles. The zero-order chi connectivity index (χ0) is 28.5. The molecule has 0 aromatic heterocycles. The number of nitrogens with one attached hydrogen (secondary N) is 3. The van der Waals surface area contributed by atoms with Crippen LogP contribution in [0.5, 0.6) is 11.5 Å². The highest BCUT2D eigenvalue weighted by Gasteiger charge is 2.32. The lowest BCUT2D eigenvalue weighted by molar-refractivity contribution is -0.385. The number of carbonyl (C=O) groups excluding carboxylic acids is 2. The Morgan fingerprint density at radius 1 is 1.23 bits per heavy atom. The summed E-state index contributed by atoms with van der Waals surface area (Å²) in [5.74, 6) is -0.632. The van der Waals surface area contributed by atoms with Crippen LogP contribution in [0.25, 0.3) is 0 Å². The molecule has 0 spiro atoms. The number of nitrogens with zero attached hydrogens (tertiary/aromatic N) is 2. The molecular weight excluding hydrogens is 594 g/mol. The largest absolute Gasteiger partial charge is 0.486 e. The Kier molecular flexibility index (Phi) is 10.3. The minimum atomic E-state index is -0.663. The van der Waals surface area contributed by atoms with E-state index in [2.05, 4.69) is 37.1 Å². The van der Waals surface area contributed by atoms with E-state index in [1.807, 2.05) is 0 Å². The molecule has 0 unspecified atom stereocenters. The molecule has 0 saturated carbocycles. The molecule has 1 atom stereocenters. The highest BCUT2D eigenvalue weighted by Crippen LogP contribution is 2.36. The zero-order valence-electron chi connectivity index (χ0n) is 21.3.